The number of rotatable bonds is 8. The molecule has 3 aromatic carbocycles. The molecule has 8 heteroatoms. The summed E-state index contributed by atoms with van der Waals surface area (Å²) in [7, 11) is 1.90. The molecule has 4 rings (SSSR count). The van der Waals surface area contributed by atoms with Gasteiger partial charge in [0.2, 0.25) is 0 Å². The van der Waals surface area contributed by atoms with Gasteiger partial charge >= 0.3 is 0 Å². The number of nitrogens with zero attached hydrogens (tertiary/aromatic N) is 1. The number of likely N-dealkylation sites (N-methyl/N-ethyl adjacent to an activating group) is 1. The normalized spacial score (nSPS) is 11.2. The van der Waals surface area contributed by atoms with Crippen LogP contribution in [0.25, 0.3) is 16.2 Å². The maximum atomic E-state index is 13.5. The summed E-state index contributed by atoms with van der Waals surface area (Å²) in [6.45, 7) is 0.621. The number of anilines is 2. The molecular weight excluding hydrogens is 487 g/mol. The number of hydrogen-bond acceptors (Lipinski definition) is 5. The zero-order valence-corrected chi connectivity index (χ0v) is 20.4. The Labute approximate surface area is 211 Å². The quantitative estimate of drug-likeness (QED) is 0.217. The first-order valence-electron chi connectivity index (χ1n) is 10.8. The van der Waals surface area contributed by atoms with E-state index >= 15 is 0 Å². The van der Waals surface area contributed by atoms with E-state index in [0.29, 0.717) is 32.8 Å². The molecule has 0 aliphatic heterocycles. The molecule has 2 N–H and O–H groups in total. The van der Waals surface area contributed by atoms with Crippen LogP contribution in [0.15, 0.2) is 72.8 Å². The van der Waals surface area contributed by atoms with Crippen LogP contribution in [0, 0.1) is 5.82 Å². The number of allylic oxidation sites excluding steroid dienone is 1. The average Bonchev–Trinajstić information content (AvgIpc) is 3.19. The molecule has 0 radical (unpaired) electrons. The molecule has 35 heavy (non-hydrogen) atoms. The van der Waals surface area contributed by atoms with Crippen LogP contribution < -0.4 is 10.2 Å². The van der Waals surface area contributed by atoms with Crippen molar-refractivity contribution in [2.45, 2.75) is 0 Å². The highest BCUT2D eigenvalue weighted by Crippen LogP contribution is 2.36. The molecule has 4 aromatic rings. The highest BCUT2D eigenvalue weighted by molar-refractivity contribution is 7.21. The monoisotopic (exact) mass is 508 g/mol. The number of benzene rings is 3. The number of carbonyl (C=O) groups excluding carboxylic acids is 2. The molecule has 0 fully saturated rings. The van der Waals surface area contributed by atoms with Crippen LogP contribution in [0.1, 0.15) is 25.6 Å². The van der Waals surface area contributed by atoms with Crippen LogP contribution in [0.2, 0.25) is 5.02 Å². The molecule has 0 bridgehead atoms. The first kappa shape index (κ1) is 24.6. The van der Waals surface area contributed by atoms with Crippen LogP contribution >= 0.6 is 22.9 Å². The van der Waals surface area contributed by atoms with E-state index in [1.165, 1.54) is 18.2 Å². The molecule has 178 valence electrons. The van der Waals surface area contributed by atoms with E-state index in [-0.39, 0.29) is 23.2 Å². The molecule has 0 saturated heterocycles. The molecular formula is C27H22ClFN2O3S. The van der Waals surface area contributed by atoms with Gasteiger partial charge in [-0.2, -0.15) is 0 Å². The predicted octanol–water partition coefficient (Wildman–Crippen LogP) is 6.27. The molecule has 0 aliphatic carbocycles. The van der Waals surface area contributed by atoms with Gasteiger partial charge in [0.15, 0.2) is 5.78 Å². The number of aliphatic hydroxyl groups excluding tert-OH is 1. The van der Waals surface area contributed by atoms with Gasteiger partial charge in [-0.1, -0.05) is 29.8 Å². The number of nitrogens with one attached hydrogen (secondary N) is 1. The van der Waals surface area contributed by atoms with Gasteiger partial charge in [0, 0.05) is 40.6 Å². The summed E-state index contributed by atoms with van der Waals surface area (Å²) in [6.07, 6.45) is 3.23. The first-order chi connectivity index (χ1) is 16.9. The standard InChI is InChI=1S/C27H22ClFN2O3S/c1-31(14-15-32)21-10-2-17(3-11-21)4-13-23(33)18-5-8-20(9-6-18)30-27(34)26-25(28)22-12-7-19(29)16-24(22)35-26/h2-13,16,32H,14-15H2,1H3,(H,30,34)/b13-4+. The smallest absolute Gasteiger partial charge is 0.267 e. The maximum absolute atomic E-state index is 13.5. The largest absolute Gasteiger partial charge is 0.395 e. The summed E-state index contributed by atoms with van der Waals surface area (Å²) in [5, 5.41) is 12.7. The lowest BCUT2D eigenvalue weighted by Gasteiger charge is -2.17. The second-order valence-corrected chi connectivity index (χ2v) is 9.28. The molecule has 0 atom stereocenters. The van der Waals surface area contributed by atoms with Gasteiger partial charge in [-0.15, -0.1) is 11.3 Å². The highest BCUT2D eigenvalue weighted by Gasteiger charge is 2.18. The Morgan fingerprint density at radius 1 is 1.09 bits per heavy atom. The van der Waals surface area contributed by atoms with E-state index in [1.807, 2.05) is 36.2 Å². The lowest BCUT2D eigenvalue weighted by atomic mass is 10.1. The van der Waals surface area contributed by atoms with Gasteiger partial charge < -0.3 is 15.3 Å². The number of hydrogen-bond donors (Lipinski definition) is 2. The summed E-state index contributed by atoms with van der Waals surface area (Å²) in [5.41, 5.74) is 2.85. The van der Waals surface area contributed by atoms with Crippen LogP contribution in [-0.4, -0.2) is 37.0 Å². The summed E-state index contributed by atoms with van der Waals surface area (Å²) in [5.74, 6) is -0.957. The summed E-state index contributed by atoms with van der Waals surface area (Å²) >= 11 is 7.44. The van der Waals surface area contributed by atoms with E-state index in [9.17, 15) is 14.0 Å². The number of halogens is 2. The Morgan fingerprint density at radius 2 is 1.80 bits per heavy atom. The molecule has 0 aliphatic rings. The van der Waals surface area contributed by atoms with E-state index in [1.54, 1.807) is 36.4 Å². The summed E-state index contributed by atoms with van der Waals surface area (Å²) < 4.78 is 14.1. The number of carbonyl (C=O) groups is 2. The Balaban J connectivity index is 1.40. The zero-order chi connectivity index (χ0) is 24.9. The van der Waals surface area contributed by atoms with Crippen molar-refractivity contribution in [3.05, 3.63) is 99.6 Å². The fourth-order valence-electron chi connectivity index (χ4n) is 3.48. The summed E-state index contributed by atoms with van der Waals surface area (Å²) in [6, 6.07) is 18.4. The Morgan fingerprint density at radius 3 is 2.49 bits per heavy atom. The Hall–Kier alpha value is -3.52. The second-order valence-electron chi connectivity index (χ2n) is 7.85. The van der Waals surface area contributed by atoms with Crippen molar-refractivity contribution >= 4 is 62.2 Å². The van der Waals surface area contributed by atoms with Crippen LogP contribution in [0.5, 0.6) is 0 Å². The predicted molar refractivity (Wildman–Crippen MR) is 141 cm³/mol. The molecule has 0 unspecified atom stereocenters. The Kier molecular flexibility index (Phi) is 7.60. The van der Waals surface area contributed by atoms with E-state index < -0.39 is 5.91 Å². The second kappa shape index (κ2) is 10.8. The van der Waals surface area contributed by atoms with Crippen molar-refractivity contribution in [2.24, 2.45) is 0 Å². The molecule has 1 aromatic heterocycles. The van der Waals surface area contributed by atoms with Crippen molar-refractivity contribution in [3.63, 3.8) is 0 Å². The van der Waals surface area contributed by atoms with Gasteiger partial charge in [0.1, 0.15) is 10.7 Å². The number of fused-ring (bicyclic) bond motifs is 1. The van der Waals surface area contributed by atoms with Gasteiger partial charge in [0.05, 0.1) is 11.6 Å². The number of ketones is 1. The number of thiophene rings is 1. The third-order valence-electron chi connectivity index (χ3n) is 5.42. The number of aliphatic hydroxyl groups is 1. The van der Waals surface area contributed by atoms with Gasteiger partial charge in [0.25, 0.3) is 5.91 Å². The van der Waals surface area contributed by atoms with Crippen LogP contribution in [0.3, 0.4) is 0 Å². The highest BCUT2D eigenvalue weighted by atomic mass is 35.5. The number of amides is 1. The van der Waals surface area contributed by atoms with Gasteiger partial charge in [-0.3, -0.25) is 9.59 Å². The topological polar surface area (TPSA) is 69.6 Å². The van der Waals surface area contributed by atoms with Crippen molar-refractivity contribution < 1.29 is 19.1 Å². The van der Waals surface area contributed by atoms with E-state index in [2.05, 4.69) is 5.32 Å². The Bertz CT molecular complexity index is 1400. The third-order valence-corrected chi connectivity index (χ3v) is 7.08. The van der Waals surface area contributed by atoms with Gasteiger partial charge in [-0.25, -0.2) is 4.39 Å². The molecule has 1 heterocycles. The molecule has 0 saturated carbocycles. The van der Waals surface area contributed by atoms with E-state index in [4.69, 9.17) is 16.7 Å². The SMILES string of the molecule is CN(CCO)c1ccc(/C=C/C(=O)c2ccc(NC(=O)c3sc4cc(F)ccc4c3Cl)cc2)cc1. The van der Waals surface area contributed by atoms with Crippen molar-refractivity contribution in [1.29, 1.82) is 0 Å². The molecule has 0 spiro atoms. The van der Waals surface area contributed by atoms with Crippen molar-refractivity contribution in [1.82, 2.24) is 0 Å². The van der Waals surface area contributed by atoms with Gasteiger partial charge in [-0.05, 0) is 66.2 Å². The minimum atomic E-state index is -0.399. The fourth-order valence-corrected chi connectivity index (χ4v) is 4.92. The maximum Gasteiger partial charge on any atom is 0.267 e. The molecule has 1 amide bonds. The van der Waals surface area contributed by atoms with E-state index in [0.717, 1.165) is 22.6 Å². The average molecular weight is 509 g/mol. The van der Waals surface area contributed by atoms with Crippen LogP contribution in [-0.2, 0) is 0 Å². The third kappa shape index (κ3) is 5.77. The zero-order valence-electron chi connectivity index (χ0n) is 18.8. The minimum Gasteiger partial charge on any atom is -0.395 e. The van der Waals surface area contributed by atoms with Crippen LogP contribution in [0.4, 0.5) is 15.8 Å². The molecule has 5 nitrogen and oxygen atoms in total. The van der Waals surface area contributed by atoms with Crippen molar-refractivity contribution in [2.75, 3.05) is 30.4 Å². The fraction of sp³-hybridized carbons (Fsp3) is 0.111. The first-order valence-corrected chi connectivity index (χ1v) is 12.0. The summed E-state index contributed by atoms with van der Waals surface area (Å²) in [4.78, 5) is 27.5. The lowest BCUT2D eigenvalue weighted by molar-refractivity contribution is 0.102. The minimum absolute atomic E-state index is 0.0786. The lowest BCUT2D eigenvalue weighted by Crippen LogP contribution is -2.20. The van der Waals surface area contributed by atoms with Crippen molar-refractivity contribution in [3.8, 4) is 0 Å².